The van der Waals surface area contributed by atoms with Crippen molar-refractivity contribution >= 4 is 5.91 Å². The Bertz CT molecular complexity index is 800. The summed E-state index contributed by atoms with van der Waals surface area (Å²) in [4.78, 5) is 19.4. The summed E-state index contributed by atoms with van der Waals surface area (Å²) in [5, 5.41) is 0. The maximum Gasteiger partial charge on any atom is 0.270 e. The predicted molar refractivity (Wildman–Crippen MR) is 99.7 cm³/mol. The lowest BCUT2D eigenvalue weighted by Gasteiger charge is -2.28. The van der Waals surface area contributed by atoms with Crippen molar-refractivity contribution in [2.24, 2.45) is 18.4 Å². The number of carbonyl (C=O) groups is 1. The lowest BCUT2D eigenvalue weighted by atomic mass is 9.81. The molecule has 138 valence electrons. The van der Waals surface area contributed by atoms with Crippen LogP contribution in [0.2, 0.25) is 0 Å². The quantitative estimate of drug-likeness (QED) is 0.829. The number of hydrogen-bond donors (Lipinski definition) is 0. The summed E-state index contributed by atoms with van der Waals surface area (Å²) in [5.41, 5.74) is 2.88. The number of amides is 1. The zero-order valence-electron chi connectivity index (χ0n) is 15.6. The zero-order chi connectivity index (χ0) is 18.1. The van der Waals surface area contributed by atoms with Crippen LogP contribution in [0.25, 0.3) is 0 Å². The molecule has 0 bridgehead atoms. The van der Waals surface area contributed by atoms with Crippen molar-refractivity contribution in [1.82, 2.24) is 14.5 Å². The Morgan fingerprint density at radius 1 is 1.35 bits per heavy atom. The highest BCUT2D eigenvalue weighted by atomic mass is 16.5. The lowest BCUT2D eigenvalue weighted by molar-refractivity contribution is 0.0251. The summed E-state index contributed by atoms with van der Waals surface area (Å²) in [6.07, 6.45) is 5.51. The van der Waals surface area contributed by atoms with Gasteiger partial charge in [0.15, 0.2) is 0 Å². The van der Waals surface area contributed by atoms with Crippen LogP contribution in [0, 0.1) is 18.3 Å². The molecule has 5 nitrogen and oxygen atoms in total. The molecule has 2 atom stereocenters. The molecule has 3 heterocycles. The van der Waals surface area contributed by atoms with Gasteiger partial charge in [0, 0.05) is 37.4 Å². The predicted octanol–water partition coefficient (Wildman–Crippen LogP) is 3.19. The molecule has 5 heteroatoms. The number of fused-ring (bicyclic) bond motifs is 1. The number of aromatic nitrogens is 2. The normalized spacial score (nSPS) is 24.8. The van der Waals surface area contributed by atoms with E-state index >= 15 is 0 Å². The molecule has 1 amide bonds. The smallest absolute Gasteiger partial charge is 0.270 e. The molecule has 2 fully saturated rings. The number of carbonyl (C=O) groups excluding carboxylic acids is 1. The summed E-state index contributed by atoms with van der Waals surface area (Å²) in [5.74, 6) is 0.698. The van der Waals surface area contributed by atoms with Crippen LogP contribution in [0.4, 0.5) is 0 Å². The van der Waals surface area contributed by atoms with Gasteiger partial charge in [-0.3, -0.25) is 9.78 Å². The van der Waals surface area contributed by atoms with E-state index in [2.05, 4.69) is 4.98 Å². The van der Waals surface area contributed by atoms with Gasteiger partial charge < -0.3 is 14.2 Å². The van der Waals surface area contributed by atoms with Crippen molar-refractivity contribution in [3.05, 3.63) is 53.6 Å². The van der Waals surface area contributed by atoms with Gasteiger partial charge in [-0.15, -0.1) is 0 Å². The highest BCUT2D eigenvalue weighted by Crippen LogP contribution is 2.49. The van der Waals surface area contributed by atoms with Crippen molar-refractivity contribution < 1.29 is 9.53 Å². The first-order valence-corrected chi connectivity index (χ1v) is 9.48. The van der Waals surface area contributed by atoms with Crippen LogP contribution in [0.5, 0.6) is 0 Å². The highest BCUT2D eigenvalue weighted by molar-refractivity contribution is 5.93. The van der Waals surface area contributed by atoms with Gasteiger partial charge in [-0.25, -0.2) is 0 Å². The van der Waals surface area contributed by atoms with Gasteiger partial charge >= 0.3 is 0 Å². The highest BCUT2D eigenvalue weighted by Gasteiger charge is 2.51. The van der Waals surface area contributed by atoms with E-state index in [0.29, 0.717) is 19.1 Å². The molecule has 1 aliphatic carbocycles. The molecule has 0 spiro atoms. The largest absolute Gasteiger partial charge is 0.375 e. The fraction of sp³-hybridized carbons (Fsp3) is 0.524. The molecule has 2 aromatic rings. The third-order valence-electron chi connectivity index (χ3n) is 6.08. The number of rotatable bonds is 5. The summed E-state index contributed by atoms with van der Waals surface area (Å²) in [6, 6.07) is 9.87. The standard InChI is InChI=1S/C21H27N3O2/c1-16-6-3-8-18(22-16)13-26-15-21-10-4-7-17(21)12-24(14-21)20(25)19-9-5-11-23(19)2/h3,5-6,8-9,11,17H,4,7,10,12-15H2,1-2H3/t17-,21+/m1/s1. The fourth-order valence-corrected chi connectivity index (χ4v) is 4.69. The Morgan fingerprint density at radius 3 is 3.00 bits per heavy atom. The van der Waals surface area contributed by atoms with E-state index in [1.165, 1.54) is 12.8 Å². The molecule has 0 aromatic carbocycles. The Kier molecular flexibility index (Phi) is 4.57. The number of likely N-dealkylation sites (tertiary alicyclic amines) is 1. The third-order valence-corrected chi connectivity index (χ3v) is 6.08. The van der Waals surface area contributed by atoms with Gasteiger partial charge in [0.1, 0.15) is 5.69 Å². The molecule has 26 heavy (non-hydrogen) atoms. The molecule has 1 saturated carbocycles. The molecule has 0 N–H and O–H groups in total. The van der Waals surface area contributed by atoms with Crippen LogP contribution in [-0.4, -0.2) is 40.1 Å². The Labute approximate surface area is 155 Å². The zero-order valence-corrected chi connectivity index (χ0v) is 15.6. The van der Waals surface area contributed by atoms with Gasteiger partial charge in [-0.1, -0.05) is 12.5 Å². The van der Waals surface area contributed by atoms with Crippen molar-refractivity contribution in [3.63, 3.8) is 0 Å². The average Bonchev–Trinajstić information content (AvgIpc) is 3.28. The van der Waals surface area contributed by atoms with Crippen molar-refractivity contribution in [1.29, 1.82) is 0 Å². The minimum absolute atomic E-state index is 0.116. The van der Waals surface area contributed by atoms with Crippen LogP contribution in [0.1, 0.15) is 41.1 Å². The van der Waals surface area contributed by atoms with E-state index in [-0.39, 0.29) is 11.3 Å². The second kappa shape index (κ2) is 6.88. The fourth-order valence-electron chi connectivity index (χ4n) is 4.69. The van der Waals surface area contributed by atoms with Gasteiger partial charge in [0.25, 0.3) is 5.91 Å². The van der Waals surface area contributed by atoms with Gasteiger partial charge in [-0.2, -0.15) is 0 Å². The van der Waals surface area contributed by atoms with Crippen LogP contribution < -0.4 is 0 Å². The monoisotopic (exact) mass is 353 g/mol. The first-order chi connectivity index (χ1) is 12.6. The molecule has 4 rings (SSSR count). The molecular formula is C21H27N3O2. The molecular weight excluding hydrogens is 326 g/mol. The lowest BCUT2D eigenvalue weighted by Crippen LogP contribution is -2.35. The minimum Gasteiger partial charge on any atom is -0.375 e. The third kappa shape index (κ3) is 3.16. The second-order valence-electron chi connectivity index (χ2n) is 7.90. The van der Waals surface area contributed by atoms with Crippen LogP contribution in [-0.2, 0) is 18.4 Å². The molecule has 1 saturated heterocycles. The molecule has 0 radical (unpaired) electrons. The topological polar surface area (TPSA) is 47.4 Å². The number of pyridine rings is 1. The van der Waals surface area contributed by atoms with E-state index in [0.717, 1.165) is 36.6 Å². The summed E-state index contributed by atoms with van der Waals surface area (Å²) >= 11 is 0. The maximum absolute atomic E-state index is 12.9. The van der Waals surface area contributed by atoms with Crippen molar-refractivity contribution in [2.45, 2.75) is 32.8 Å². The van der Waals surface area contributed by atoms with Crippen LogP contribution >= 0.6 is 0 Å². The minimum atomic E-state index is 0.116. The SMILES string of the molecule is Cc1cccc(COC[C@@]23CCC[C@@H]2CN(C(=O)c2cccn2C)C3)n1. The number of nitrogens with zero attached hydrogens (tertiary/aromatic N) is 3. The van der Waals surface area contributed by atoms with E-state index < -0.39 is 0 Å². The van der Waals surface area contributed by atoms with Gasteiger partial charge in [0.2, 0.25) is 0 Å². The second-order valence-corrected chi connectivity index (χ2v) is 7.90. The van der Waals surface area contributed by atoms with E-state index in [1.54, 1.807) is 0 Å². The van der Waals surface area contributed by atoms with E-state index in [4.69, 9.17) is 4.74 Å². The summed E-state index contributed by atoms with van der Waals surface area (Å²) in [6.45, 7) is 4.92. The Balaban J connectivity index is 1.41. The number of ether oxygens (including phenoxy) is 1. The van der Waals surface area contributed by atoms with E-state index in [1.807, 2.05) is 60.0 Å². The van der Waals surface area contributed by atoms with Crippen LogP contribution in [0.3, 0.4) is 0 Å². The summed E-state index contributed by atoms with van der Waals surface area (Å²) < 4.78 is 8.01. The molecule has 2 aliphatic rings. The first-order valence-electron chi connectivity index (χ1n) is 9.48. The Morgan fingerprint density at radius 2 is 2.23 bits per heavy atom. The van der Waals surface area contributed by atoms with Gasteiger partial charge in [-0.05, 0) is 49.9 Å². The maximum atomic E-state index is 12.9. The molecule has 1 aliphatic heterocycles. The first kappa shape index (κ1) is 17.3. The molecule has 0 unspecified atom stereocenters. The Hall–Kier alpha value is -2.14. The van der Waals surface area contributed by atoms with Crippen LogP contribution in [0.15, 0.2) is 36.5 Å². The van der Waals surface area contributed by atoms with Gasteiger partial charge in [0.05, 0.1) is 18.9 Å². The number of aryl methyl sites for hydroxylation is 2. The van der Waals surface area contributed by atoms with Crippen molar-refractivity contribution in [2.75, 3.05) is 19.7 Å². The van der Waals surface area contributed by atoms with Crippen molar-refractivity contribution in [3.8, 4) is 0 Å². The summed E-state index contributed by atoms with van der Waals surface area (Å²) in [7, 11) is 1.93. The number of hydrogen-bond acceptors (Lipinski definition) is 3. The average molecular weight is 353 g/mol. The van der Waals surface area contributed by atoms with E-state index in [9.17, 15) is 4.79 Å². The molecule has 2 aromatic heterocycles.